The van der Waals surface area contributed by atoms with E-state index >= 15 is 0 Å². The molecule has 1 fully saturated rings. The van der Waals surface area contributed by atoms with Crippen molar-refractivity contribution in [3.63, 3.8) is 0 Å². The molecule has 1 aliphatic carbocycles. The van der Waals surface area contributed by atoms with Gasteiger partial charge in [-0.1, -0.05) is 37.5 Å². The van der Waals surface area contributed by atoms with Crippen LogP contribution < -0.4 is 4.89 Å². The first kappa shape index (κ1) is 10.5. The van der Waals surface area contributed by atoms with Gasteiger partial charge in [-0.2, -0.15) is 0 Å². The summed E-state index contributed by atoms with van der Waals surface area (Å²) in [5, 5.41) is 12.1. The molecule has 1 N–H and O–H groups in total. The molecule has 1 saturated carbocycles. The van der Waals surface area contributed by atoms with Crippen LogP contribution in [0.5, 0.6) is 5.75 Å². The van der Waals surface area contributed by atoms with E-state index in [1.165, 1.54) is 32.1 Å². The number of hydrogen-bond donors (Lipinski definition) is 1. The first-order valence-corrected chi connectivity index (χ1v) is 5.49. The predicted octanol–water partition coefficient (Wildman–Crippen LogP) is 3.52. The third-order valence-corrected chi connectivity index (χ3v) is 3.09. The molecule has 0 aromatic heterocycles. The maximum Gasteiger partial charge on any atom is 0.172 e. The molecule has 15 heavy (non-hydrogen) atoms. The Hall–Kier alpha value is -1.06. The van der Waals surface area contributed by atoms with Crippen LogP contribution in [0, 0.1) is 0 Å². The molecule has 1 aliphatic rings. The van der Waals surface area contributed by atoms with E-state index in [0.717, 1.165) is 5.56 Å². The molecule has 3 nitrogen and oxygen atoms in total. The quantitative estimate of drug-likeness (QED) is 0.610. The molecule has 0 spiro atoms. The fourth-order valence-corrected chi connectivity index (χ4v) is 2.35. The maximum absolute atomic E-state index is 8.32. The summed E-state index contributed by atoms with van der Waals surface area (Å²) in [5.74, 6) is 1.18. The highest BCUT2D eigenvalue weighted by Crippen LogP contribution is 2.37. The normalized spacial score (nSPS) is 17.7. The second kappa shape index (κ2) is 5.14. The molecule has 1 aromatic carbocycles. The van der Waals surface area contributed by atoms with Crippen LogP contribution in [0.25, 0.3) is 0 Å². The molecule has 0 bridgehead atoms. The molecule has 82 valence electrons. The van der Waals surface area contributed by atoms with Gasteiger partial charge in [-0.15, -0.1) is 0 Å². The summed E-state index contributed by atoms with van der Waals surface area (Å²) in [4.78, 5) is 4.75. The molecular formula is C12H16O3. The lowest BCUT2D eigenvalue weighted by molar-refractivity contribution is -0.439. The van der Waals surface area contributed by atoms with Crippen LogP contribution in [0.3, 0.4) is 0 Å². The zero-order valence-corrected chi connectivity index (χ0v) is 8.69. The fourth-order valence-electron chi connectivity index (χ4n) is 2.35. The summed E-state index contributed by atoms with van der Waals surface area (Å²) in [6.07, 6.45) is 6.28. The zero-order valence-electron chi connectivity index (χ0n) is 8.69. The molecule has 0 unspecified atom stereocenters. The van der Waals surface area contributed by atoms with E-state index in [1.807, 2.05) is 24.3 Å². The van der Waals surface area contributed by atoms with E-state index < -0.39 is 0 Å². The van der Waals surface area contributed by atoms with Crippen LogP contribution in [0.4, 0.5) is 0 Å². The fraction of sp³-hybridized carbons (Fsp3) is 0.500. The highest BCUT2D eigenvalue weighted by Gasteiger charge is 2.19. The van der Waals surface area contributed by atoms with Crippen molar-refractivity contribution in [2.24, 2.45) is 0 Å². The topological polar surface area (TPSA) is 38.7 Å². The van der Waals surface area contributed by atoms with Gasteiger partial charge in [-0.3, -0.25) is 0 Å². The summed E-state index contributed by atoms with van der Waals surface area (Å²) in [7, 11) is 0. The van der Waals surface area contributed by atoms with Crippen molar-refractivity contribution in [2.75, 3.05) is 0 Å². The highest BCUT2D eigenvalue weighted by atomic mass is 17.5. The standard InChI is InChI=1S/C12H16O3/c13-15-14-12-9-5-4-8-11(12)10-6-2-1-3-7-10/h4-5,8-10,13H,1-3,6-7H2. The van der Waals surface area contributed by atoms with Gasteiger partial charge in [0.05, 0.1) is 0 Å². The molecule has 2 rings (SSSR count). The van der Waals surface area contributed by atoms with E-state index in [0.29, 0.717) is 11.7 Å². The Morgan fingerprint density at radius 1 is 1.07 bits per heavy atom. The Morgan fingerprint density at radius 2 is 1.80 bits per heavy atom. The Kier molecular flexibility index (Phi) is 3.59. The SMILES string of the molecule is OOOc1ccccc1C1CCCCC1. The molecule has 0 radical (unpaired) electrons. The van der Waals surface area contributed by atoms with Gasteiger partial charge in [0.2, 0.25) is 0 Å². The summed E-state index contributed by atoms with van der Waals surface area (Å²) in [5.41, 5.74) is 1.14. The number of rotatable bonds is 3. The Morgan fingerprint density at radius 3 is 2.53 bits per heavy atom. The monoisotopic (exact) mass is 208 g/mol. The van der Waals surface area contributed by atoms with E-state index in [1.54, 1.807) is 0 Å². The molecular weight excluding hydrogens is 192 g/mol. The molecule has 1 aromatic rings. The Labute approximate surface area is 89.5 Å². The third kappa shape index (κ3) is 2.49. The van der Waals surface area contributed by atoms with E-state index in [-0.39, 0.29) is 0 Å². The van der Waals surface area contributed by atoms with Crippen LogP contribution in [0.1, 0.15) is 43.6 Å². The van der Waals surface area contributed by atoms with Crippen molar-refractivity contribution >= 4 is 0 Å². The molecule has 0 atom stereocenters. The van der Waals surface area contributed by atoms with Gasteiger partial charge in [-0.05, 0) is 29.9 Å². The summed E-state index contributed by atoms with van der Waals surface area (Å²) < 4.78 is 0. The highest BCUT2D eigenvalue weighted by molar-refractivity contribution is 5.36. The lowest BCUT2D eigenvalue weighted by Gasteiger charge is -2.22. The lowest BCUT2D eigenvalue weighted by atomic mass is 9.84. The van der Waals surface area contributed by atoms with Crippen molar-refractivity contribution in [2.45, 2.75) is 38.0 Å². The first-order valence-electron chi connectivity index (χ1n) is 5.49. The smallest absolute Gasteiger partial charge is 0.172 e. The predicted molar refractivity (Wildman–Crippen MR) is 56.6 cm³/mol. The van der Waals surface area contributed by atoms with Crippen LogP contribution in [-0.2, 0) is 5.04 Å². The lowest BCUT2D eigenvalue weighted by Crippen LogP contribution is -2.06. The summed E-state index contributed by atoms with van der Waals surface area (Å²) in [6.45, 7) is 0. The number of benzene rings is 1. The van der Waals surface area contributed by atoms with Crippen molar-refractivity contribution in [1.29, 1.82) is 0 Å². The second-order valence-corrected chi connectivity index (χ2v) is 4.03. The van der Waals surface area contributed by atoms with Gasteiger partial charge in [0.25, 0.3) is 0 Å². The summed E-state index contributed by atoms with van der Waals surface area (Å²) >= 11 is 0. The number of para-hydroxylation sites is 1. The minimum Gasteiger partial charge on any atom is -0.308 e. The molecule has 0 heterocycles. The van der Waals surface area contributed by atoms with Crippen molar-refractivity contribution in [3.05, 3.63) is 29.8 Å². The molecule has 0 aliphatic heterocycles. The minimum absolute atomic E-state index is 0.546. The van der Waals surface area contributed by atoms with Crippen molar-refractivity contribution in [3.8, 4) is 5.75 Å². The Bertz CT molecular complexity index is 305. The van der Waals surface area contributed by atoms with Crippen LogP contribution in [0.2, 0.25) is 0 Å². The van der Waals surface area contributed by atoms with Gasteiger partial charge in [-0.25, -0.2) is 5.26 Å². The zero-order chi connectivity index (χ0) is 10.5. The molecule has 0 amide bonds. The average molecular weight is 208 g/mol. The van der Waals surface area contributed by atoms with Gasteiger partial charge in [0.15, 0.2) is 5.75 Å². The number of hydrogen-bond acceptors (Lipinski definition) is 3. The van der Waals surface area contributed by atoms with Gasteiger partial charge in [0.1, 0.15) is 0 Å². The first-order chi connectivity index (χ1) is 7.42. The third-order valence-electron chi connectivity index (χ3n) is 3.09. The van der Waals surface area contributed by atoms with Gasteiger partial charge < -0.3 is 4.89 Å². The van der Waals surface area contributed by atoms with E-state index in [2.05, 4.69) is 5.04 Å². The minimum atomic E-state index is 0.546. The van der Waals surface area contributed by atoms with E-state index in [9.17, 15) is 0 Å². The largest absolute Gasteiger partial charge is 0.308 e. The van der Waals surface area contributed by atoms with Crippen LogP contribution in [0.15, 0.2) is 24.3 Å². The van der Waals surface area contributed by atoms with Gasteiger partial charge >= 0.3 is 0 Å². The van der Waals surface area contributed by atoms with Crippen LogP contribution in [-0.4, -0.2) is 5.26 Å². The van der Waals surface area contributed by atoms with Crippen molar-refractivity contribution in [1.82, 2.24) is 0 Å². The second-order valence-electron chi connectivity index (χ2n) is 4.03. The maximum atomic E-state index is 8.32. The summed E-state index contributed by atoms with van der Waals surface area (Å²) in [6, 6.07) is 7.74. The van der Waals surface area contributed by atoms with Crippen LogP contribution >= 0.6 is 0 Å². The van der Waals surface area contributed by atoms with Gasteiger partial charge in [0, 0.05) is 5.56 Å². The Balaban J connectivity index is 2.17. The molecule has 0 saturated heterocycles. The van der Waals surface area contributed by atoms with Crippen molar-refractivity contribution < 1.29 is 15.2 Å². The molecule has 3 heteroatoms. The van der Waals surface area contributed by atoms with E-state index in [4.69, 9.17) is 10.1 Å². The average Bonchev–Trinajstić information content (AvgIpc) is 2.31.